The van der Waals surface area contributed by atoms with Gasteiger partial charge in [-0.05, 0) is 24.1 Å². The molecule has 0 unspecified atom stereocenters. The lowest BCUT2D eigenvalue weighted by Crippen LogP contribution is -2.01. The third-order valence-corrected chi connectivity index (χ3v) is 2.09. The van der Waals surface area contributed by atoms with E-state index in [4.69, 9.17) is 0 Å². The van der Waals surface area contributed by atoms with Gasteiger partial charge >= 0.3 is 0 Å². The molecule has 0 aliphatic rings. The third-order valence-electron chi connectivity index (χ3n) is 2.09. The maximum atomic E-state index is 4.52. The molecule has 2 rings (SSSR count). The molecule has 0 fully saturated rings. The van der Waals surface area contributed by atoms with Crippen LogP contribution in [-0.2, 0) is 0 Å². The van der Waals surface area contributed by atoms with Crippen molar-refractivity contribution in [3.05, 3.63) is 42.4 Å². The fourth-order valence-corrected chi connectivity index (χ4v) is 1.29. The minimum Gasteiger partial charge on any atom is -0.233 e. The Morgan fingerprint density at radius 3 is 2.71 bits per heavy atom. The van der Waals surface area contributed by atoms with E-state index in [-0.39, 0.29) is 0 Å². The SMILES string of the molecule is CC(C)c1cccc(-n2cccn2)n1. The summed E-state index contributed by atoms with van der Waals surface area (Å²) in [5.74, 6) is 1.33. The molecule has 0 N–H and O–H groups in total. The average molecular weight is 187 g/mol. The number of aromatic nitrogens is 3. The van der Waals surface area contributed by atoms with E-state index >= 15 is 0 Å². The fourth-order valence-electron chi connectivity index (χ4n) is 1.29. The topological polar surface area (TPSA) is 30.7 Å². The molecule has 0 radical (unpaired) electrons. The van der Waals surface area contributed by atoms with Gasteiger partial charge in [0.2, 0.25) is 0 Å². The van der Waals surface area contributed by atoms with E-state index in [1.165, 1.54) is 0 Å². The van der Waals surface area contributed by atoms with Crippen LogP contribution in [0.2, 0.25) is 0 Å². The Morgan fingerprint density at radius 2 is 2.07 bits per heavy atom. The highest BCUT2D eigenvalue weighted by molar-refractivity contribution is 5.24. The van der Waals surface area contributed by atoms with Gasteiger partial charge in [-0.3, -0.25) is 0 Å². The second kappa shape index (κ2) is 3.62. The van der Waals surface area contributed by atoms with Crippen molar-refractivity contribution in [2.24, 2.45) is 0 Å². The van der Waals surface area contributed by atoms with E-state index in [2.05, 4.69) is 23.9 Å². The van der Waals surface area contributed by atoms with Crippen LogP contribution in [0.25, 0.3) is 5.82 Å². The summed E-state index contributed by atoms with van der Waals surface area (Å²) >= 11 is 0. The molecule has 2 heterocycles. The van der Waals surface area contributed by atoms with Crippen molar-refractivity contribution >= 4 is 0 Å². The summed E-state index contributed by atoms with van der Waals surface area (Å²) in [5, 5.41) is 4.14. The Hall–Kier alpha value is -1.64. The highest BCUT2D eigenvalue weighted by atomic mass is 15.3. The highest BCUT2D eigenvalue weighted by Crippen LogP contribution is 2.12. The lowest BCUT2D eigenvalue weighted by molar-refractivity contribution is 0.784. The molecule has 0 bridgehead atoms. The van der Waals surface area contributed by atoms with E-state index in [9.17, 15) is 0 Å². The molecule has 0 aromatic carbocycles. The van der Waals surface area contributed by atoms with Gasteiger partial charge in [-0.1, -0.05) is 19.9 Å². The maximum Gasteiger partial charge on any atom is 0.153 e. The summed E-state index contributed by atoms with van der Waals surface area (Å²) < 4.78 is 1.77. The third kappa shape index (κ3) is 1.66. The number of hydrogen-bond acceptors (Lipinski definition) is 2. The van der Waals surface area contributed by atoms with E-state index in [1.807, 2.05) is 30.5 Å². The molecule has 0 spiro atoms. The first kappa shape index (κ1) is 8.94. The molecule has 3 nitrogen and oxygen atoms in total. The minimum atomic E-state index is 0.450. The zero-order valence-corrected chi connectivity index (χ0v) is 8.38. The van der Waals surface area contributed by atoms with Crippen LogP contribution in [0.15, 0.2) is 36.7 Å². The quantitative estimate of drug-likeness (QED) is 0.722. The predicted molar refractivity (Wildman–Crippen MR) is 55.4 cm³/mol. The van der Waals surface area contributed by atoms with Crippen LogP contribution in [0.4, 0.5) is 0 Å². The number of nitrogens with zero attached hydrogens (tertiary/aromatic N) is 3. The summed E-state index contributed by atoms with van der Waals surface area (Å²) in [7, 11) is 0. The standard InChI is InChI=1S/C11H13N3/c1-9(2)10-5-3-6-11(13-10)14-8-4-7-12-14/h3-9H,1-2H3. The van der Waals surface area contributed by atoms with Crippen molar-refractivity contribution < 1.29 is 0 Å². The van der Waals surface area contributed by atoms with E-state index in [0.29, 0.717) is 5.92 Å². The van der Waals surface area contributed by atoms with Gasteiger partial charge in [-0.15, -0.1) is 0 Å². The first-order valence-corrected chi connectivity index (χ1v) is 4.74. The maximum absolute atomic E-state index is 4.52. The number of rotatable bonds is 2. The molecule has 0 aliphatic carbocycles. The highest BCUT2D eigenvalue weighted by Gasteiger charge is 2.02. The van der Waals surface area contributed by atoms with E-state index < -0.39 is 0 Å². The molecule has 0 amide bonds. The summed E-state index contributed by atoms with van der Waals surface area (Å²) in [5.41, 5.74) is 1.10. The van der Waals surface area contributed by atoms with Crippen molar-refractivity contribution in [3.63, 3.8) is 0 Å². The van der Waals surface area contributed by atoms with Crippen molar-refractivity contribution in [2.75, 3.05) is 0 Å². The fraction of sp³-hybridized carbons (Fsp3) is 0.273. The summed E-state index contributed by atoms with van der Waals surface area (Å²) in [4.78, 5) is 4.52. The second-order valence-corrected chi connectivity index (χ2v) is 3.53. The van der Waals surface area contributed by atoms with Crippen LogP contribution < -0.4 is 0 Å². The largest absolute Gasteiger partial charge is 0.233 e. The lowest BCUT2D eigenvalue weighted by Gasteiger charge is -2.06. The van der Waals surface area contributed by atoms with Crippen LogP contribution in [0.5, 0.6) is 0 Å². The monoisotopic (exact) mass is 187 g/mol. The summed E-state index contributed by atoms with van der Waals surface area (Å²) in [6.07, 6.45) is 3.65. The molecule has 0 atom stereocenters. The van der Waals surface area contributed by atoms with Crippen LogP contribution in [0, 0.1) is 0 Å². The Kier molecular flexibility index (Phi) is 2.31. The predicted octanol–water partition coefficient (Wildman–Crippen LogP) is 2.39. The number of pyridine rings is 1. The first-order chi connectivity index (χ1) is 6.77. The summed E-state index contributed by atoms with van der Waals surface area (Å²) in [6.45, 7) is 4.27. The Labute approximate surface area is 83.4 Å². The van der Waals surface area contributed by atoms with Gasteiger partial charge in [-0.25, -0.2) is 9.67 Å². The molecule has 0 aliphatic heterocycles. The van der Waals surface area contributed by atoms with Crippen molar-refractivity contribution in [3.8, 4) is 5.82 Å². The molecule has 3 heteroatoms. The molecule has 0 saturated carbocycles. The van der Waals surface area contributed by atoms with Crippen LogP contribution >= 0.6 is 0 Å². The van der Waals surface area contributed by atoms with Gasteiger partial charge in [0.15, 0.2) is 5.82 Å². The van der Waals surface area contributed by atoms with E-state index in [1.54, 1.807) is 10.9 Å². The van der Waals surface area contributed by atoms with Gasteiger partial charge in [-0.2, -0.15) is 5.10 Å². The van der Waals surface area contributed by atoms with Gasteiger partial charge in [0.25, 0.3) is 0 Å². The lowest BCUT2D eigenvalue weighted by atomic mass is 10.1. The molecule has 72 valence electrons. The van der Waals surface area contributed by atoms with Crippen LogP contribution in [0.3, 0.4) is 0 Å². The normalized spacial score (nSPS) is 10.8. The van der Waals surface area contributed by atoms with Crippen molar-refractivity contribution in [1.82, 2.24) is 14.8 Å². The number of hydrogen-bond donors (Lipinski definition) is 0. The molecular weight excluding hydrogens is 174 g/mol. The smallest absolute Gasteiger partial charge is 0.153 e. The molecule has 14 heavy (non-hydrogen) atoms. The zero-order valence-electron chi connectivity index (χ0n) is 8.38. The van der Waals surface area contributed by atoms with Gasteiger partial charge in [0, 0.05) is 18.1 Å². The zero-order chi connectivity index (χ0) is 9.97. The Balaban J connectivity index is 2.41. The van der Waals surface area contributed by atoms with Gasteiger partial charge in [0.05, 0.1) is 0 Å². The molecule has 0 saturated heterocycles. The van der Waals surface area contributed by atoms with Gasteiger partial charge < -0.3 is 0 Å². The Bertz CT molecular complexity index is 404. The van der Waals surface area contributed by atoms with Gasteiger partial charge in [0.1, 0.15) is 0 Å². The summed E-state index contributed by atoms with van der Waals surface area (Å²) in [6, 6.07) is 7.90. The second-order valence-electron chi connectivity index (χ2n) is 3.53. The van der Waals surface area contributed by atoms with Crippen LogP contribution in [-0.4, -0.2) is 14.8 Å². The minimum absolute atomic E-state index is 0.450. The molecular formula is C11H13N3. The van der Waals surface area contributed by atoms with E-state index in [0.717, 1.165) is 11.5 Å². The van der Waals surface area contributed by atoms with Crippen molar-refractivity contribution in [1.29, 1.82) is 0 Å². The average Bonchev–Trinajstić information content (AvgIpc) is 2.71. The molecule has 2 aromatic rings. The first-order valence-electron chi connectivity index (χ1n) is 4.74. The van der Waals surface area contributed by atoms with Crippen LogP contribution in [0.1, 0.15) is 25.5 Å². The molecule has 2 aromatic heterocycles. The Morgan fingerprint density at radius 1 is 1.21 bits per heavy atom. The van der Waals surface area contributed by atoms with Crippen molar-refractivity contribution in [2.45, 2.75) is 19.8 Å².